The molecule has 0 bridgehead atoms. The molecule has 1 N–H and O–H groups in total. The van der Waals surface area contributed by atoms with Crippen LogP contribution in [0.1, 0.15) is 25.7 Å². The SMILES string of the molecule is CN(CCCCNCC1CC1)c1c2ccc(Cl)cc2nc2ccc(Cl)cc12. The lowest BCUT2D eigenvalue weighted by molar-refractivity contribution is 0.595. The molecule has 2 aromatic carbocycles. The van der Waals surface area contributed by atoms with Crippen LogP contribution in [0.4, 0.5) is 5.69 Å². The van der Waals surface area contributed by atoms with Crippen molar-refractivity contribution in [1.29, 1.82) is 0 Å². The van der Waals surface area contributed by atoms with Crippen LogP contribution in [0, 0.1) is 5.92 Å². The van der Waals surface area contributed by atoms with Crippen molar-refractivity contribution in [3.05, 3.63) is 46.4 Å². The first-order valence-corrected chi connectivity index (χ1v) is 10.5. The fourth-order valence-electron chi connectivity index (χ4n) is 3.62. The number of nitrogens with zero attached hydrogens (tertiary/aromatic N) is 2. The van der Waals surface area contributed by atoms with Crippen molar-refractivity contribution in [3.63, 3.8) is 0 Å². The van der Waals surface area contributed by atoms with Gasteiger partial charge >= 0.3 is 0 Å². The topological polar surface area (TPSA) is 28.2 Å². The first kappa shape index (κ1) is 18.8. The molecule has 1 heterocycles. The number of aromatic nitrogens is 1. The van der Waals surface area contributed by atoms with Gasteiger partial charge in [0.1, 0.15) is 0 Å². The molecule has 0 unspecified atom stereocenters. The van der Waals surface area contributed by atoms with E-state index < -0.39 is 0 Å². The van der Waals surface area contributed by atoms with E-state index in [1.807, 2.05) is 30.3 Å². The van der Waals surface area contributed by atoms with Gasteiger partial charge < -0.3 is 10.2 Å². The Labute approximate surface area is 170 Å². The van der Waals surface area contributed by atoms with Gasteiger partial charge in [-0.15, -0.1) is 0 Å². The van der Waals surface area contributed by atoms with Crippen LogP contribution in [0.3, 0.4) is 0 Å². The number of anilines is 1. The van der Waals surface area contributed by atoms with Gasteiger partial charge in [0, 0.05) is 34.4 Å². The summed E-state index contributed by atoms with van der Waals surface area (Å²) < 4.78 is 0. The van der Waals surface area contributed by atoms with Gasteiger partial charge in [-0.2, -0.15) is 0 Å². The molecule has 1 fully saturated rings. The summed E-state index contributed by atoms with van der Waals surface area (Å²) in [4.78, 5) is 7.12. The highest BCUT2D eigenvalue weighted by Gasteiger charge is 2.20. The van der Waals surface area contributed by atoms with E-state index in [0.29, 0.717) is 5.02 Å². The third kappa shape index (κ3) is 4.48. The first-order valence-electron chi connectivity index (χ1n) is 9.72. The van der Waals surface area contributed by atoms with Crippen LogP contribution in [0.25, 0.3) is 21.8 Å². The minimum Gasteiger partial charge on any atom is -0.374 e. The van der Waals surface area contributed by atoms with Gasteiger partial charge in [-0.3, -0.25) is 0 Å². The molecule has 5 heteroatoms. The van der Waals surface area contributed by atoms with Crippen LogP contribution in [-0.2, 0) is 0 Å². The number of rotatable bonds is 8. The van der Waals surface area contributed by atoms with Crippen molar-refractivity contribution in [1.82, 2.24) is 10.3 Å². The van der Waals surface area contributed by atoms with E-state index in [-0.39, 0.29) is 0 Å². The minimum absolute atomic E-state index is 0.707. The summed E-state index contributed by atoms with van der Waals surface area (Å²) in [7, 11) is 2.15. The molecule has 1 aromatic heterocycles. The number of halogens is 2. The Bertz CT molecular complexity index is 953. The number of benzene rings is 2. The number of hydrogen-bond acceptors (Lipinski definition) is 3. The standard InChI is InChI=1S/C22H25Cl2N3/c1-27(11-3-2-10-25-14-15-4-5-15)22-18-8-6-17(24)13-21(18)26-20-9-7-16(23)12-19(20)22/h6-9,12-13,15,25H,2-5,10-11,14H2,1H3. The maximum absolute atomic E-state index is 6.29. The van der Waals surface area contributed by atoms with Gasteiger partial charge in [0.2, 0.25) is 0 Å². The van der Waals surface area contributed by atoms with E-state index in [0.717, 1.165) is 52.3 Å². The average Bonchev–Trinajstić information content (AvgIpc) is 3.47. The van der Waals surface area contributed by atoms with Crippen LogP contribution in [-0.4, -0.2) is 31.7 Å². The second kappa shape index (κ2) is 8.22. The highest BCUT2D eigenvalue weighted by Crippen LogP contribution is 2.35. The molecule has 0 spiro atoms. The molecule has 0 aliphatic heterocycles. The van der Waals surface area contributed by atoms with Crippen LogP contribution < -0.4 is 10.2 Å². The molecule has 4 rings (SSSR count). The molecule has 0 atom stereocenters. The van der Waals surface area contributed by atoms with Crippen LogP contribution in [0.2, 0.25) is 10.0 Å². The van der Waals surface area contributed by atoms with E-state index in [4.69, 9.17) is 28.2 Å². The van der Waals surface area contributed by atoms with E-state index in [2.05, 4.69) is 23.3 Å². The second-order valence-electron chi connectivity index (χ2n) is 7.56. The zero-order valence-electron chi connectivity index (χ0n) is 15.6. The highest BCUT2D eigenvalue weighted by atomic mass is 35.5. The maximum atomic E-state index is 6.29. The lowest BCUT2D eigenvalue weighted by Crippen LogP contribution is -2.22. The van der Waals surface area contributed by atoms with Gasteiger partial charge in [0.25, 0.3) is 0 Å². The number of fused-ring (bicyclic) bond motifs is 2. The van der Waals surface area contributed by atoms with Crippen molar-refractivity contribution in [2.45, 2.75) is 25.7 Å². The smallest absolute Gasteiger partial charge is 0.0745 e. The maximum Gasteiger partial charge on any atom is 0.0745 e. The molecule has 3 nitrogen and oxygen atoms in total. The Morgan fingerprint density at radius 2 is 1.78 bits per heavy atom. The summed E-state index contributed by atoms with van der Waals surface area (Å²) in [6, 6.07) is 11.8. The third-order valence-corrected chi connectivity index (χ3v) is 5.75. The average molecular weight is 402 g/mol. The molecule has 0 amide bonds. The van der Waals surface area contributed by atoms with Crippen LogP contribution in [0.15, 0.2) is 36.4 Å². The lowest BCUT2D eigenvalue weighted by Gasteiger charge is -2.23. The number of pyridine rings is 1. The van der Waals surface area contributed by atoms with Gasteiger partial charge in [-0.25, -0.2) is 4.98 Å². The van der Waals surface area contributed by atoms with Gasteiger partial charge in [-0.05, 0) is 81.1 Å². The van der Waals surface area contributed by atoms with Gasteiger partial charge in [-0.1, -0.05) is 23.2 Å². The zero-order chi connectivity index (χ0) is 18.8. The molecule has 1 saturated carbocycles. The summed E-state index contributed by atoms with van der Waals surface area (Å²) in [6.07, 6.45) is 5.15. The lowest BCUT2D eigenvalue weighted by atomic mass is 10.1. The summed E-state index contributed by atoms with van der Waals surface area (Å²) in [5.74, 6) is 0.943. The Hall–Kier alpha value is -1.55. The largest absolute Gasteiger partial charge is 0.374 e. The molecule has 142 valence electrons. The van der Waals surface area contributed by atoms with Gasteiger partial charge in [0.15, 0.2) is 0 Å². The summed E-state index contributed by atoms with van der Waals surface area (Å²) >= 11 is 12.5. The zero-order valence-corrected chi connectivity index (χ0v) is 17.2. The normalized spacial score (nSPS) is 14.2. The Morgan fingerprint density at radius 3 is 2.59 bits per heavy atom. The minimum atomic E-state index is 0.707. The fraction of sp³-hybridized carbons (Fsp3) is 0.409. The Kier molecular flexibility index (Phi) is 5.72. The molecular weight excluding hydrogens is 377 g/mol. The second-order valence-corrected chi connectivity index (χ2v) is 8.43. The van der Waals surface area contributed by atoms with Crippen molar-refractivity contribution in [3.8, 4) is 0 Å². The predicted octanol–water partition coefficient (Wildman–Crippen LogP) is 5.91. The summed E-state index contributed by atoms with van der Waals surface area (Å²) in [6.45, 7) is 3.28. The van der Waals surface area contributed by atoms with Crippen molar-refractivity contribution >= 4 is 50.7 Å². The number of hydrogen-bond donors (Lipinski definition) is 1. The molecule has 0 radical (unpaired) electrons. The van der Waals surface area contributed by atoms with E-state index in [1.54, 1.807) is 0 Å². The Morgan fingerprint density at radius 1 is 1.00 bits per heavy atom. The molecule has 0 saturated heterocycles. The number of unbranched alkanes of at least 4 members (excludes halogenated alkanes) is 1. The quantitative estimate of drug-likeness (QED) is 0.375. The highest BCUT2D eigenvalue weighted by molar-refractivity contribution is 6.32. The monoisotopic (exact) mass is 401 g/mol. The third-order valence-electron chi connectivity index (χ3n) is 5.28. The summed E-state index contributed by atoms with van der Waals surface area (Å²) in [5.41, 5.74) is 3.05. The molecule has 1 aliphatic carbocycles. The first-order chi connectivity index (χ1) is 13.1. The van der Waals surface area contributed by atoms with E-state index in [1.165, 1.54) is 31.5 Å². The molecule has 27 heavy (non-hydrogen) atoms. The predicted molar refractivity (Wildman–Crippen MR) is 117 cm³/mol. The van der Waals surface area contributed by atoms with Crippen molar-refractivity contribution in [2.75, 3.05) is 31.6 Å². The van der Waals surface area contributed by atoms with Crippen LogP contribution in [0.5, 0.6) is 0 Å². The Balaban J connectivity index is 1.56. The van der Waals surface area contributed by atoms with E-state index in [9.17, 15) is 0 Å². The molecule has 3 aromatic rings. The molecule has 1 aliphatic rings. The summed E-state index contributed by atoms with van der Waals surface area (Å²) in [5, 5.41) is 7.22. The van der Waals surface area contributed by atoms with Crippen molar-refractivity contribution < 1.29 is 0 Å². The van der Waals surface area contributed by atoms with Crippen LogP contribution >= 0.6 is 23.2 Å². The number of nitrogens with one attached hydrogen (secondary N) is 1. The fourth-order valence-corrected chi connectivity index (χ4v) is 3.96. The van der Waals surface area contributed by atoms with Crippen molar-refractivity contribution in [2.24, 2.45) is 5.92 Å². The molecular formula is C22H25Cl2N3. The van der Waals surface area contributed by atoms with Gasteiger partial charge in [0.05, 0.1) is 16.7 Å². The van der Waals surface area contributed by atoms with E-state index >= 15 is 0 Å².